The standard InChI is InChI=1S/C19H18N4O/c1-12-6-7-13-11-17(21-16(13)10-12)19(24)20-9-8-18-22-14-4-2-3-5-15(14)23-18/h2-7,10-11,21H,8-9H2,1H3,(H,20,24)(H,22,23). The number of benzene rings is 2. The van der Waals surface area contributed by atoms with Gasteiger partial charge in [0.2, 0.25) is 0 Å². The predicted molar refractivity (Wildman–Crippen MR) is 95.2 cm³/mol. The molecule has 0 saturated carbocycles. The minimum absolute atomic E-state index is 0.0973. The van der Waals surface area contributed by atoms with Gasteiger partial charge in [-0.3, -0.25) is 4.79 Å². The van der Waals surface area contributed by atoms with Crippen molar-refractivity contribution in [3.8, 4) is 0 Å². The van der Waals surface area contributed by atoms with Crippen molar-refractivity contribution >= 4 is 27.8 Å². The Morgan fingerprint density at radius 2 is 1.96 bits per heavy atom. The van der Waals surface area contributed by atoms with E-state index in [1.54, 1.807) is 0 Å². The van der Waals surface area contributed by atoms with Gasteiger partial charge in [0.25, 0.3) is 5.91 Å². The van der Waals surface area contributed by atoms with Crippen molar-refractivity contribution in [2.45, 2.75) is 13.3 Å². The molecule has 4 rings (SSSR count). The quantitative estimate of drug-likeness (QED) is 0.540. The highest BCUT2D eigenvalue weighted by atomic mass is 16.1. The molecule has 0 saturated heterocycles. The van der Waals surface area contributed by atoms with Gasteiger partial charge in [0.05, 0.1) is 11.0 Å². The van der Waals surface area contributed by atoms with Crippen LogP contribution in [0.15, 0.2) is 48.5 Å². The molecule has 5 heteroatoms. The lowest BCUT2D eigenvalue weighted by Gasteiger charge is -2.01. The summed E-state index contributed by atoms with van der Waals surface area (Å²) in [7, 11) is 0. The Morgan fingerprint density at radius 1 is 1.08 bits per heavy atom. The van der Waals surface area contributed by atoms with E-state index in [9.17, 15) is 4.79 Å². The number of nitrogens with one attached hydrogen (secondary N) is 3. The van der Waals surface area contributed by atoms with Crippen LogP contribution < -0.4 is 5.32 Å². The van der Waals surface area contributed by atoms with E-state index in [1.807, 2.05) is 55.5 Å². The molecular formula is C19H18N4O. The zero-order valence-electron chi connectivity index (χ0n) is 13.4. The third kappa shape index (κ3) is 2.76. The Kier molecular flexibility index (Phi) is 3.54. The maximum Gasteiger partial charge on any atom is 0.267 e. The van der Waals surface area contributed by atoms with Crippen LogP contribution in [0.2, 0.25) is 0 Å². The molecular weight excluding hydrogens is 300 g/mol. The highest BCUT2D eigenvalue weighted by Gasteiger charge is 2.09. The van der Waals surface area contributed by atoms with E-state index in [-0.39, 0.29) is 5.91 Å². The van der Waals surface area contributed by atoms with Crippen molar-refractivity contribution in [2.75, 3.05) is 6.54 Å². The first-order valence-electron chi connectivity index (χ1n) is 8.00. The van der Waals surface area contributed by atoms with Crippen LogP contribution in [-0.2, 0) is 6.42 Å². The second kappa shape index (κ2) is 5.85. The van der Waals surface area contributed by atoms with Crippen LogP contribution in [0.3, 0.4) is 0 Å². The fourth-order valence-electron chi connectivity index (χ4n) is 2.88. The number of amides is 1. The third-order valence-electron chi connectivity index (χ3n) is 4.11. The summed E-state index contributed by atoms with van der Waals surface area (Å²) in [6, 6.07) is 15.9. The second-order valence-corrected chi connectivity index (χ2v) is 5.98. The van der Waals surface area contributed by atoms with Gasteiger partial charge in [-0.25, -0.2) is 4.98 Å². The van der Waals surface area contributed by atoms with E-state index >= 15 is 0 Å². The lowest BCUT2D eigenvalue weighted by atomic mass is 10.2. The lowest BCUT2D eigenvalue weighted by molar-refractivity contribution is 0.0950. The number of hydrogen-bond donors (Lipinski definition) is 3. The number of carbonyl (C=O) groups is 1. The number of aromatic nitrogens is 3. The molecule has 120 valence electrons. The van der Waals surface area contributed by atoms with Crippen molar-refractivity contribution in [1.82, 2.24) is 20.3 Å². The highest BCUT2D eigenvalue weighted by Crippen LogP contribution is 2.17. The number of aryl methyl sites for hydroxylation is 1. The molecule has 3 N–H and O–H groups in total. The minimum Gasteiger partial charge on any atom is -0.351 e. The number of aromatic amines is 2. The summed E-state index contributed by atoms with van der Waals surface area (Å²) in [5, 5.41) is 3.98. The van der Waals surface area contributed by atoms with Gasteiger partial charge in [-0.05, 0) is 36.8 Å². The monoisotopic (exact) mass is 318 g/mol. The van der Waals surface area contributed by atoms with E-state index in [1.165, 1.54) is 5.56 Å². The van der Waals surface area contributed by atoms with Gasteiger partial charge in [-0.2, -0.15) is 0 Å². The van der Waals surface area contributed by atoms with Gasteiger partial charge in [0.1, 0.15) is 11.5 Å². The summed E-state index contributed by atoms with van der Waals surface area (Å²) in [5.74, 6) is 0.781. The van der Waals surface area contributed by atoms with Crippen LogP contribution >= 0.6 is 0 Å². The Balaban J connectivity index is 1.41. The van der Waals surface area contributed by atoms with Crippen LogP contribution in [0.5, 0.6) is 0 Å². The molecule has 4 aromatic rings. The van der Waals surface area contributed by atoms with E-state index in [4.69, 9.17) is 0 Å². The molecule has 0 bridgehead atoms. The topological polar surface area (TPSA) is 73.6 Å². The average molecular weight is 318 g/mol. The van der Waals surface area contributed by atoms with Gasteiger partial charge in [0, 0.05) is 23.9 Å². The number of carbonyl (C=O) groups excluding carboxylic acids is 1. The summed E-state index contributed by atoms with van der Waals surface area (Å²) in [6.07, 6.45) is 0.666. The molecule has 24 heavy (non-hydrogen) atoms. The second-order valence-electron chi connectivity index (χ2n) is 5.98. The van der Waals surface area contributed by atoms with Crippen LogP contribution in [0.4, 0.5) is 0 Å². The Bertz CT molecular complexity index is 995. The molecule has 0 spiro atoms. The fourth-order valence-corrected chi connectivity index (χ4v) is 2.88. The van der Waals surface area contributed by atoms with E-state index < -0.39 is 0 Å². The van der Waals surface area contributed by atoms with Crippen LogP contribution in [0.25, 0.3) is 21.9 Å². The molecule has 0 atom stereocenters. The maximum absolute atomic E-state index is 12.3. The highest BCUT2D eigenvalue weighted by molar-refractivity contribution is 5.98. The minimum atomic E-state index is -0.0973. The number of para-hydroxylation sites is 2. The fraction of sp³-hybridized carbons (Fsp3) is 0.158. The number of nitrogens with zero attached hydrogens (tertiary/aromatic N) is 1. The first-order valence-corrected chi connectivity index (χ1v) is 8.00. The zero-order valence-corrected chi connectivity index (χ0v) is 13.4. The number of rotatable bonds is 4. The van der Waals surface area contributed by atoms with Gasteiger partial charge < -0.3 is 15.3 Å². The largest absolute Gasteiger partial charge is 0.351 e. The van der Waals surface area contributed by atoms with E-state index in [0.29, 0.717) is 18.7 Å². The molecule has 0 unspecified atom stereocenters. The molecule has 0 aliphatic rings. The van der Waals surface area contributed by atoms with Crippen LogP contribution in [0.1, 0.15) is 21.9 Å². The molecule has 0 fully saturated rings. The SMILES string of the molecule is Cc1ccc2cc(C(=O)NCCc3nc4ccccc4[nH]3)[nH]c2c1. The number of hydrogen-bond acceptors (Lipinski definition) is 2. The van der Waals surface area contributed by atoms with Crippen molar-refractivity contribution in [3.05, 3.63) is 65.6 Å². The number of H-pyrrole nitrogens is 2. The lowest BCUT2D eigenvalue weighted by Crippen LogP contribution is -2.26. The molecule has 2 aromatic carbocycles. The van der Waals surface area contributed by atoms with Crippen LogP contribution in [0, 0.1) is 6.92 Å². The Morgan fingerprint density at radius 3 is 2.83 bits per heavy atom. The van der Waals surface area contributed by atoms with Crippen molar-refractivity contribution in [2.24, 2.45) is 0 Å². The summed E-state index contributed by atoms with van der Waals surface area (Å²) >= 11 is 0. The summed E-state index contributed by atoms with van der Waals surface area (Å²) in [4.78, 5) is 23.2. The summed E-state index contributed by atoms with van der Waals surface area (Å²) in [5.41, 5.74) is 4.70. The molecule has 0 aliphatic carbocycles. The molecule has 5 nitrogen and oxygen atoms in total. The summed E-state index contributed by atoms with van der Waals surface area (Å²) in [6.45, 7) is 2.57. The van der Waals surface area contributed by atoms with Gasteiger partial charge >= 0.3 is 0 Å². The Hall–Kier alpha value is -3.08. The third-order valence-corrected chi connectivity index (χ3v) is 4.11. The van der Waals surface area contributed by atoms with Crippen LogP contribution in [-0.4, -0.2) is 27.4 Å². The number of fused-ring (bicyclic) bond motifs is 2. The van der Waals surface area contributed by atoms with Crippen molar-refractivity contribution in [1.29, 1.82) is 0 Å². The summed E-state index contributed by atoms with van der Waals surface area (Å²) < 4.78 is 0. The van der Waals surface area contributed by atoms with E-state index in [2.05, 4.69) is 20.3 Å². The van der Waals surface area contributed by atoms with Gasteiger partial charge in [0.15, 0.2) is 0 Å². The normalized spacial score (nSPS) is 11.2. The molecule has 1 amide bonds. The van der Waals surface area contributed by atoms with Gasteiger partial charge in [-0.1, -0.05) is 24.3 Å². The average Bonchev–Trinajstić information content (AvgIpc) is 3.17. The molecule has 2 aromatic heterocycles. The number of imidazole rings is 1. The first kappa shape index (κ1) is 14.5. The van der Waals surface area contributed by atoms with Crippen molar-refractivity contribution < 1.29 is 4.79 Å². The molecule has 2 heterocycles. The predicted octanol–water partition coefficient (Wildman–Crippen LogP) is 3.33. The Labute approximate surface area is 139 Å². The zero-order chi connectivity index (χ0) is 16.5. The molecule has 0 radical (unpaired) electrons. The molecule has 0 aliphatic heterocycles. The maximum atomic E-state index is 12.3. The van der Waals surface area contributed by atoms with E-state index in [0.717, 1.165) is 27.8 Å². The first-order chi connectivity index (χ1) is 11.7. The smallest absolute Gasteiger partial charge is 0.267 e. The van der Waals surface area contributed by atoms with Crippen molar-refractivity contribution in [3.63, 3.8) is 0 Å². The van der Waals surface area contributed by atoms with Gasteiger partial charge in [-0.15, -0.1) is 0 Å².